The average molecular weight is 386 g/mol. The van der Waals surface area contributed by atoms with E-state index in [1.807, 2.05) is 47.9 Å². The molecule has 0 N–H and O–H groups in total. The monoisotopic (exact) mass is 385 g/mol. The fourth-order valence-corrected chi connectivity index (χ4v) is 2.92. The van der Waals surface area contributed by atoms with Gasteiger partial charge >= 0.3 is 5.97 Å². The van der Waals surface area contributed by atoms with Gasteiger partial charge in [-0.1, -0.05) is 46.3 Å². The predicted molar refractivity (Wildman–Crippen MR) is 97.1 cm³/mol. The molecule has 0 unspecified atom stereocenters. The highest BCUT2D eigenvalue weighted by atomic mass is 79.9. The van der Waals surface area contributed by atoms with Gasteiger partial charge in [-0.3, -0.25) is 4.79 Å². The second-order valence-electron chi connectivity index (χ2n) is 5.38. The van der Waals surface area contributed by atoms with E-state index in [-0.39, 0.29) is 17.6 Å². The smallest absolute Gasteiger partial charge is 0.343 e. The second-order valence-corrected chi connectivity index (χ2v) is 6.30. The minimum atomic E-state index is -0.601. The summed E-state index contributed by atoms with van der Waals surface area (Å²) in [7, 11) is 0. The van der Waals surface area contributed by atoms with Crippen LogP contribution in [0.4, 0.5) is 0 Å². The predicted octanol–water partition coefficient (Wildman–Crippen LogP) is 4.14. The lowest BCUT2D eigenvalue weighted by Crippen LogP contribution is -2.20. The van der Waals surface area contributed by atoms with Crippen molar-refractivity contribution in [3.05, 3.63) is 80.6 Å². The van der Waals surface area contributed by atoms with Crippen molar-refractivity contribution in [2.24, 2.45) is 0 Å². The fourth-order valence-electron chi connectivity index (χ4n) is 2.57. The number of benzene rings is 2. The highest BCUT2D eigenvalue weighted by Crippen LogP contribution is 2.19. The summed E-state index contributed by atoms with van der Waals surface area (Å²) in [5.74, 6) is -0.601. The second kappa shape index (κ2) is 7.01. The summed E-state index contributed by atoms with van der Waals surface area (Å²) in [6.07, 6.45) is 1.57. The number of carbonyl (C=O) groups is 1. The molecule has 1 heterocycles. The summed E-state index contributed by atoms with van der Waals surface area (Å²) in [4.78, 5) is 25.0. The molecule has 4 nitrogen and oxygen atoms in total. The molecule has 3 aromatic rings. The zero-order valence-corrected chi connectivity index (χ0v) is 14.7. The van der Waals surface area contributed by atoms with Crippen molar-refractivity contribution in [3.63, 3.8) is 0 Å². The lowest BCUT2D eigenvalue weighted by atomic mass is 10.1. The maximum Gasteiger partial charge on any atom is 0.343 e. The molecule has 0 fully saturated rings. The fraction of sp³-hybridized carbons (Fsp3) is 0.158. The third-order valence-corrected chi connectivity index (χ3v) is 4.31. The molecule has 0 radical (unpaired) electrons. The number of nitrogens with zero attached hydrogens (tertiary/aromatic N) is 1. The van der Waals surface area contributed by atoms with E-state index < -0.39 is 5.97 Å². The van der Waals surface area contributed by atoms with E-state index in [2.05, 4.69) is 15.9 Å². The lowest BCUT2D eigenvalue weighted by Gasteiger charge is -2.12. The standard InChI is InChI=1S/C19H16BrNO3/c1-2-21-11-16(18(22)15-9-8-14(20)10-17(15)21)19(23)24-12-13-6-4-3-5-7-13/h3-11H,2,12H2,1H3. The molecular weight excluding hydrogens is 370 g/mol. The zero-order valence-electron chi connectivity index (χ0n) is 13.2. The lowest BCUT2D eigenvalue weighted by molar-refractivity contribution is 0.0470. The van der Waals surface area contributed by atoms with E-state index in [1.165, 1.54) is 0 Å². The Bertz CT molecular complexity index is 948. The highest BCUT2D eigenvalue weighted by Gasteiger charge is 2.16. The van der Waals surface area contributed by atoms with Gasteiger partial charge in [0.15, 0.2) is 0 Å². The number of aromatic nitrogens is 1. The Morgan fingerprint density at radius 2 is 1.92 bits per heavy atom. The van der Waals surface area contributed by atoms with Crippen molar-refractivity contribution in [3.8, 4) is 0 Å². The van der Waals surface area contributed by atoms with Crippen LogP contribution in [0.1, 0.15) is 22.8 Å². The molecule has 0 amide bonds. The minimum Gasteiger partial charge on any atom is -0.457 e. The van der Waals surface area contributed by atoms with Crippen LogP contribution in [0.15, 0.2) is 64.0 Å². The Hall–Kier alpha value is -2.40. The van der Waals surface area contributed by atoms with E-state index in [0.717, 1.165) is 15.6 Å². The Labute approximate surface area is 147 Å². The molecule has 0 saturated heterocycles. The molecule has 0 atom stereocenters. The van der Waals surface area contributed by atoms with Gasteiger partial charge in [-0.15, -0.1) is 0 Å². The van der Waals surface area contributed by atoms with Crippen molar-refractivity contribution in [2.75, 3.05) is 0 Å². The normalized spacial score (nSPS) is 10.8. The van der Waals surface area contributed by atoms with Crippen molar-refractivity contribution in [1.82, 2.24) is 4.57 Å². The van der Waals surface area contributed by atoms with Crippen LogP contribution < -0.4 is 5.43 Å². The maximum atomic E-state index is 12.6. The van der Waals surface area contributed by atoms with Crippen LogP contribution in [-0.4, -0.2) is 10.5 Å². The highest BCUT2D eigenvalue weighted by molar-refractivity contribution is 9.10. The first-order valence-electron chi connectivity index (χ1n) is 7.64. The van der Waals surface area contributed by atoms with Crippen LogP contribution in [0.2, 0.25) is 0 Å². The Morgan fingerprint density at radius 3 is 2.62 bits per heavy atom. The van der Waals surface area contributed by atoms with Crippen LogP contribution in [0.25, 0.3) is 10.9 Å². The van der Waals surface area contributed by atoms with Gasteiger partial charge < -0.3 is 9.30 Å². The molecule has 0 aliphatic carbocycles. The van der Waals surface area contributed by atoms with Gasteiger partial charge in [0.05, 0.1) is 5.52 Å². The Balaban J connectivity index is 1.97. The molecule has 3 rings (SSSR count). The van der Waals surface area contributed by atoms with Crippen LogP contribution in [-0.2, 0) is 17.9 Å². The third-order valence-electron chi connectivity index (χ3n) is 3.82. The topological polar surface area (TPSA) is 48.3 Å². The number of hydrogen-bond donors (Lipinski definition) is 0. The van der Waals surface area contributed by atoms with E-state index >= 15 is 0 Å². The van der Waals surface area contributed by atoms with Crippen LogP contribution in [0.3, 0.4) is 0 Å². The van der Waals surface area contributed by atoms with Gasteiger partial charge in [-0.2, -0.15) is 0 Å². The summed E-state index contributed by atoms with van der Waals surface area (Å²) < 4.78 is 8.07. The van der Waals surface area contributed by atoms with Crippen molar-refractivity contribution in [2.45, 2.75) is 20.1 Å². The van der Waals surface area contributed by atoms with E-state index in [0.29, 0.717) is 11.9 Å². The van der Waals surface area contributed by atoms with Gasteiger partial charge in [-0.05, 0) is 30.7 Å². The van der Waals surface area contributed by atoms with Crippen LogP contribution >= 0.6 is 15.9 Å². The summed E-state index contributed by atoms with van der Waals surface area (Å²) >= 11 is 3.41. The molecule has 0 aliphatic heterocycles. The van der Waals surface area contributed by atoms with Gasteiger partial charge in [0.25, 0.3) is 0 Å². The van der Waals surface area contributed by atoms with Crippen molar-refractivity contribution >= 4 is 32.8 Å². The molecule has 0 spiro atoms. The summed E-state index contributed by atoms with van der Waals surface area (Å²) in [5.41, 5.74) is 1.42. The first kappa shape index (κ1) is 16.5. The molecule has 0 aliphatic rings. The number of halogens is 1. The third kappa shape index (κ3) is 3.26. The molecule has 1 aromatic heterocycles. The zero-order chi connectivity index (χ0) is 17.1. The maximum absolute atomic E-state index is 12.6. The number of pyridine rings is 1. The molecule has 24 heavy (non-hydrogen) atoms. The molecule has 5 heteroatoms. The SMILES string of the molecule is CCn1cc(C(=O)OCc2ccccc2)c(=O)c2ccc(Br)cc21. The number of aryl methyl sites for hydroxylation is 1. The van der Waals surface area contributed by atoms with Crippen molar-refractivity contribution in [1.29, 1.82) is 0 Å². The minimum absolute atomic E-state index is 0.0580. The number of rotatable bonds is 4. The number of carbonyl (C=O) groups excluding carboxylic acids is 1. The quantitative estimate of drug-likeness (QED) is 0.634. The van der Waals surface area contributed by atoms with E-state index in [9.17, 15) is 9.59 Å². The summed E-state index contributed by atoms with van der Waals surface area (Å²) in [6, 6.07) is 14.8. The average Bonchev–Trinajstić information content (AvgIpc) is 2.61. The number of hydrogen-bond acceptors (Lipinski definition) is 3. The van der Waals surface area contributed by atoms with E-state index in [4.69, 9.17) is 4.74 Å². The molecule has 0 bridgehead atoms. The molecular formula is C19H16BrNO3. The summed E-state index contributed by atoms with van der Waals surface area (Å²) in [6.45, 7) is 2.75. The largest absolute Gasteiger partial charge is 0.457 e. The molecule has 122 valence electrons. The van der Waals surface area contributed by atoms with Gasteiger partial charge in [0.2, 0.25) is 5.43 Å². The van der Waals surface area contributed by atoms with Gasteiger partial charge in [-0.25, -0.2) is 4.79 Å². The molecule has 2 aromatic carbocycles. The summed E-state index contributed by atoms with van der Waals surface area (Å²) in [5, 5.41) is 0.509. The number of esters is 1. The van der Waals surface area contributed by atoms with Crippen LogP contribution in [0, 0.1) is 0 Å². The first-order chi connectivity index (χ1) is 11.6. The van der Waals surface area contributed by atoms with Gasteiger partial charge in [0, 0.05) is 22.6 Å². The van der Waals surface area contributed by atoms with Crippen LogP contribution in [0.5, 0.6) is 0 Å². The van der Waals surface area contributed by atoms with Crippen molar-refractivity contribution < 1.29 is 9.53 Å². The number of fused-ring (bicyclic) bond motifs is 1. The Morgan fingerprint density at radius 1 is 1.17 bits per heavy atom. The Kier molecular flexibility index (Phi) is 4.81. The molecule has 0 saturated carbocycles. The number of ether oxygens (including phenoxy) is 1. The van der Waals surface area contributed by atoms with Gasteiger partial charge in [0.1, 0.15) is 12.2 Å². The first-order valence-corrected chi connectivity index (χ1v) is 8.43. The van der Waals surface area contributed by atoms with E-state index in [1.54, 1.807) is 18.3 Å².